The predicted octanol–water partition coefficient (Wildman–Crippen LogP) is 10.3. The number of unbranched alkanes of at least 4 members (excludes halogenated alkanes) is 4. The lowest BCUT2D eigenvalue weighted by molar-refractivity contribution is -0.153. The largest absolute Gasteiger partial charge is 0.481 e. The van der Waals surface area contributed by atoms with E-state index in [0.717, 1.165) is 41.5 Å². The molecule has 224 valence electrons. The van der Waals surface area contributed by atoms with Gasteiger partial charge in [0, 0.05) is 5.39 Å². The molecule has 0 spiro atoms. The maximum absolute atomic E-state index is 15.3. The van der Waals surface area contributed by atoms with E-state index in [1.54, 1.807) is 18.2 Å². The molecule has 0 aliphatic carbocycles. The van der Waals surface area contributed by atoms with Crippen LogP contribution in [0.25, 0.3) is 10.8 Å². The molecule has 0 fully saturated rings. The second-order valence-corrected chi connectivity index (χ2v) is 10.9. The monoisotopic (exact) mass is 586 g/mol. The summed E-state index contributed by atoms with van der Waals surface area (Å²) in [6.07, 6.45) is 4.01. The second kappa shape index (κ2) is 14.6. The molecule has 0 saturated carbocycles. The minimum Gasteiger partial charge on any atom is -0.481 e. The van der Waals surface area contributed by atoms with E-state index < -0.39 is 24.3 Å². The summed E-state index contributed by atoms with van der Waals surface area (Å²) in [5.74, 6) is -1.91. The highest BCUT2D eigenvalue weighted by Gasteiger charge is 2.29. The Morgan fingerprint density at radius 2 is 1.21 bits per heavy atom. The molecular formula is C35H36F6O. The molecule has 0 unspecified atom stereocenters. The van der Waals surface area contributed by atoms with Gasteiger partial charge in [-0.05, 0) is 89.9 Å². The van der Waals surface area contributed by atoms with E-state index in [1.807, 2.05) is 30.3 Å². The van der Waals surface area contributed by atoms with Gasteiger partial charge in [0.25, 0.3) is 0 Å². The molecule has 0 heterocycles. The zero-order chi connectivity index (χ0) is 30.1. The number of rotatable bonds is 14. The van der Waals surface area contributed by atoms with Gasteiger partial charge in [0.1, 0.15) is 11.6 Å². The van der Waals surface area contributed by atoms with Gasteiger partial charge in [0.05, 0.1) is 0 Å². The highest BCUT2D eigenvalue weighted by atomic mass is 19.4. The van der Waals surface area contributed by atoms with Gasteiger partial charge in [-0.15, -0.1) is 0 Å². The molecule has 0 atom stereocenters. The number of alkyl halides is 3. The third-order valence-corrected chi connectivity index (χ3v) is 7.54. The van der Waals surface area contributed by atoms with Crippen molar-refractivity contribution in [1.82, 2.24) is 0 Å². The van der Waals surface area contributed by atoms with Gasteiger partial charge in [0.2, 0.25) is 0 Å². The van der Waals surface area contributed by atoms with Crippen LogP contribution in [0.1, 0.15) is 66.8 Å². The minimum atomic E-state index is -4.56. The van der Waals surface area contributed by atoms with E-state index in [0.29, 0.717) is 47.8 Å². The van der Waals surface area contributed by atoms with Gasteiger partial charge in [-0.25, -0.2) is 13.2 Å². The van der Waals surface area contributed by atoms with Crippen LogP contribution in [0.4, 0.5) is 26.3 Å². The maximum Gasteiger partial charge on any atom is 0.422 e. The molecule has 0 radical (unpaired) electrons. The number of hydrogen-bond donors (Lipinski definition) is 0. The molecule has 0 amide bonds. The van der Waals surface area contributed by atoms with Crippen LogP contribution in [0.5, 0.6) is 5.75 Å². The summed E-state index contributed by atoms with van der Waals surface area (Å²) in [4.78, 5) is 0. The van der Waals surface area contributed by atoms with Crippen LogP contribution < -0.4 is 4.74 Å². The van der Waals surface area contributed by atoms with Crippen molar-refractivity contribution < 1.29 is 31.1 Å². The molecular weight excluding hydrogens is 550 g/mol. The number of fused-ring (bicyclic) bond motifs is 1. The lowest BCUT2D eigenvalue weighted by Crippen LogP contribution is -2.19. The highest BCUT2D eigenvalue weighted by Crippen LogP contribution is 2.26. The summed E-state index contributed by atoms with van der Waals surface area (Å²) in [5.41, 5.74) is 3.66. The SMILES string of the molecule is CCCCCCCc1ccc(CCc2ccc3c(F)c(CCc4ccc(OCC(F)(F)F)c(F)c4)ccc3c2)c(F)c1. The van der Waals surface area contributed by atoms with Crippen LogP contribution >= 0.6 is 0 Å². The Hall–Kier alpha value is -3.48. The molecule has 4 aromatic carbocycles. The topological polar surface area (TPSA) is 9.23 Å². The summed E-state index contributed by atoms with van der Waals surface area (Å²) in [6, 6.07) is 18.3. The molecule has 0 aliphatic heterocycles. The van der Waals surface area contributed by atoms with Crippen LogP contribution in [0.15, 0.2) is 66.7 Å². The van der Waals surface area contributed by atoms with E-state index >= 15 is 4.39 Å². The smallest absolute Gasteiger partial charge is 0.422 e. The van der Waals surface area contributed by atoms with E-state index in [1.165, 1.54) is 31.7 Å². The van der Waals surface area contributed by atoms with Crippen LogP contribution in [-0.2, 0) is 32.1 Å². The number of benzene rings is 4. The van der Waals surface area contributed by atoms with Crippen LogP contribution in [0.3, 0.4) is 0 Å². The zero-order valence-corrected chi connectivity index (χ0v) is 23.8. The Kier molecular flexibility index (Phi) is 10.9. The minimum absolute atomic E-state index is 0.180. The van der Waals surface area contributed by atoms with Crippen molar-refractivity contribution >= 4 is 10.8 Å². The van der Waals surface area contributed by atoms with E-state index in [-0.39, 0.29) is 11.6 Å². The average Bonchev–Trinajstić information content (AvgIpc) is 2.95. The highest BCUT2D eigenvalue weighted by molar-refractivity contribution is 5.84. The molecule has 0 aromatic heterocycles. The Labute approximate surface area is 243 Å². The zero-order valence-electron chi connectivity index (χ0n) is 23.8. The molecule has 4 rings (SSSR count). The van der Waals surface area contributed by atoms with Crippen molar-refractivity contribution in [3.8, 4) is 5.75 Å². The van der Waals surface area contributed by atoms with E-state index in [9.17, 15) is 22.0 Å². The first-order chi connectivity index (χ1) is 20.1. The van der Waals surface area contributed by atoms with Crippen molar-refractivity contribution in [2.75, 3.05) is 6.61 Å². The van der Waals surface area contributed by atoms with Crippen molar-refractivity contribution in [3.05, 3.63) is 112 Å². The third kappa shape index (κ3) is 9.01. The number of hydrogen-bond acceptors (Lipinski definition) is 1. The fraction of sp³-hybridized carbons (Fsp3) is 0.371. The third-order valence-electron chi connectivity index (χ3n) is 7.54. The van der Waals surface area contributed by atoms with Gasteiger partial charge in [-0.3, -0.25) is 0 Å². The Balaban J connectivity index is 1.33. The molecule has 42 heavy (non-hydrogen) atoms. The molecule has 0 bridgehead atoms. The lowest BCUT2D eigenvalue weighted by Gasteiger charge is -2.11. The van der Waals surface area contributed by atoms with Crippen LogP contribution in [-0.4, -0.2) is 12.8 Å². The first-order valence-corrected chi connectivity index (χ1v) is 14.6. The van der Waals surface area contributed by atoms with Gasteiger partial charge < -0.3 is 4.74 Å². The number of ether oxygens (including phenoxy) is 1. The van der Waals surface area contributed by atoms with Crippen molar-refractivity contribution in [2.24, 2.45) is 0 Å². The summed E-state index contributed by atoms with van der Waals surface area (Å²) in [7, 11) is 0. The Morgan fingerprint density at radius 3 is 1.93 bits per heavy atom. The fourth-order valence-electron chi connectivity index (χ4n) is 5.15. The van der Waals surface area contributed by atoms with Gasteiger partial charge in [-0.1, -0.05) is 81.1 Å². The molecule has 7 heteroatoms. The van der Waals surface area contributed by atoms with E-state index in [2.05, 4.69) is 11.7 Å². The normalized spacial score (nSPS) is 11.8. The Bertz CT molecular complexity index is 1480. The van der Waals surface area contributed by atoms with Crippen molar-refractivity contribution in [3.63, 3.8) is 0 Å². The maximum atomic E-state index is 15.3. The quantitative estimate of drug-likeness (QED) is 0.106. The second-order valence-electron chi connectivity index (χ2n) is 10.9. The lowest BCUT2D eigenvalue weighted by atomic mass is 9.96. The van der Waals surface area contributed by atoms with Crippen LogP contribution in [0, 0.1) is 17.5 Å². The number of aryl methyl sites for hydroxylation is 5. The van der Waals surface area contributed by atoms with E-state index in [4.69, 9.17) is 0 Å². The summed E-state index contributed by atoms with van der Waals surface area (Å²) < 4.78 is 85.7. The summed E-state index contributed by atoms with van der Waals surface area (Å²) >= 11 is 0. The molecule has 0 saturated heterocycles. The molecule has 0 aliphatic rings. The molecule has 1 nitrogen and oxygen atoms in total. The molecule has 0 N–H and O–H groups in total. The van der Waals surface area contributed by atoms with Gasteiger partial charge in [0.15, 0.2) is 18.2 Å². The van der Waals surface area contributed by atoms with Gasteiger partial charge in [-0.2, -0.15) is 13.2 Å². The Morgan fingerprint density at radius 1 is 0.595 bits per heavy atom. The fourth-order valence-corrected chi connectivity index (χ4v) is 5.15. The average molecular weight is 587 g/mol. The van der Waals surface area contributed by atoms with Crippen molar-refractivity contribution in [1.29, 1.82) is 0 Å². The van der Waals surface area contributed by atoms with Gasteiger partial charge >= 0.3 is 6.18 Å². The first-order valence-electron chi connectivity index (χ1n) is 14.6. The summed E-state index contributed by atoms with van der Waals surface area (Å²) in [6.45, 7) is 0.613. The standard InChI is InChI=1S/C35H36F6O/c1-2-3-4-5-6-7-24-8-13-27(31(36)21-24)14-9-25-11-18-30-29(20-25)17-16-28(34(30)38)15-10-26-12-19-33(32(37)22-26)42-23-35(39,40)41/h8,11-13,16-22H,2-7,9-10,14-15,23H2,1H3. The predicted molar refractivity (Wildman–Crippen MR) is 156 cm³/mol. The van der Waals surface area contributed by atoms with Crippen molar-refractivity contribution in [2.45, 2.75) is 77.3 Å². The number of halogens is 6. The first kappa shape index (κ1) is 31.5. The summed E-state index contributed by atoms with van der Waals surface area (Å²) in [5, 5.41) is 1.21. The molecule has 4 aromatic rings. The van der Waals surface area contributed by atoms with Crippen LogP contribution in [0.2, 0.25) is 0 Å².